The predicted molar refractivity (Wildman–Crippen MR) is 138 cm³/mol. The summed E-state index contributed by atoms with van der Waals surface area (Å²) in [6.45, 7) is 4.31. The third-order valence-corrected chi connectivity index (χ3v) is 5.29. The molecular weight excluding hydrogens is 525 g/mol. The summed E-state index contributed by atoms with van der Waals surface area (Å²) in [5, 5.41) is 15.9. The third kappa shape index (κ3) is 6.96. The van der Waals surface area contributed by atoms with E-state index in [1.165, 1.54) is 48.5 Å². The van der Waals surface area contributed by atoms with E-state index in [0.717, 1.165) is 6.21 Å². The Morgan fingerprint density at radius 3 is 2.43 bits per heavy atom. The number of carbonyl (C=O) groups excluding carboxylic acids is 2. The minimum absolute atomic E-state index is 0.0704. The molecule has 0 bridgehead atoms. The minimum Gasteiger partial charge on any atom is -0.490 e. The molecule has 3 aromatic carbocycles. The van der Waals surface area contributed by atoms with Gasteiger partial charge in [-0.15, -0.1) is 0 Å². The monoisotopic (exact) mass is 545 g/mol. The van der Waals surface area contributed by atoms with Crippen molar-refractivity contribution in [3.63, 3.8) is 0 Å². The highest BCUT2D eigenvalue weighted by molar-refractivity contribution is 6.36. The van der Waals surface area contributed by atoms with Gasteiger partial charge in [0.25, 0.3) is 5.91 Å². The highest BCUT2D eigenvalue weighted by atomic mass is 35.5. The molecule has 1 N–H and O–H groups in total. The molecule has 0 fully saturated rings. The van der Waals surface area contributed by atoms with Crippen LogP contribution in [0.2, 0.25) is 10.0 Å². The van der Waals surface area contributed by atoms with E-state index in [4.69, 9.17) is 37.4 Å². The first kappa shape index (κ1) is 27.4. The average molecular weight is 546 g/mol. The molecular formula is C25H21Cl2N3O7. The van der Waals surface area contributed by atoms with Crippen LogP contribution in [-0.4, -0.2) is 36.2 Å². The number of benzene rings is 3. The molecule has 0 unspecified atom stereocenters. The number of amides is 1. The molecule has 3 aromatic rings. The van der Waals surface area contributed by atoms with Crippen LogP contribution in [0.3, 0.4) is 0 Å². The first-order valence-corrected chi connectivity index (χ1v) is 11.7. The van der Waals surface area contributed by atoms with Crippen molar-refractivity contribution in [1.29, 1.82) is 0 Å². The standard InChI is InChI=1S/C25H21Cl2N3O7/c1-3-35-21-11-8-15(12-22(21)36-4-2)25(32)37-23-16(6-5-7-20(23)30(33)34)14-28-29-24(31)18-10-9-17(26)13-19(18)27/h5-14H,3-4H2,1-2H3,(H,29,31)/b28-14+. The molecule has 0 aliphatic carbocycles. The van der Waals surface area contributed by atoms with Gasteiger partial charge >= 0.3 is 11.7 Å². The number of halogens is 2. The van der Waals surface area contributed by atoms with Crippen LogP contribution in [0.25, 0.3) is 0 Å². The Labute approximate surface area is 221 Å². The van der Waals surface area contributed by atoms with Gasteiger partial charge in [0.1, 0.15) is 0 Å². The van der Waals surface area contributed by atoms with Gasteiger partial charge in [-0.25, -0.2) is 10.2 Å². The van der Waals surface area contributed by atoms with Crippen LogP contribution in [0.4, 0.5) is 5.69 Å². The van der Waals surface area contributed by atoms with E-state index in [9.17, 15) is 19.7 Å². The summed E-state index contributed by atoms with van der Waals surface area (Å²) in [5.41, 5.74) is 2.07. The summed E-state index contributed by atoms with van der Waals surface area (Å²) in [5.74, 6) is -1.10. The number of nitro benzene ring substituents is 1. The Bertz CT molecular complexity index is 1360. The van der Waals surface area contributed by atoms with Gasteiger partial charge in [-0.2, -0.15) is 5.10 Å². The van der Waals surface area contributed by atoms with Crippen molar-refractivity contribution in [3.8, 4) is 17.2 Å². The lowest BCUT2D eigenvalue weighted by Gasteiger charge is -2.12. The maximum absolute atomic E-state index is 12.9. The largest absolute Gasteiger partial charge is 0.490 e. The normalized spacial score (nSPS) is 10.7. The number of hydrogen-bond donors (Lipinski definition) is 1. The van der Waals surface area contributed by atoms with Crippen LogP contribution in [0.15, 0.2) is 59.7 Å². The van der Waals surface area contributed by atoms with Crippen LogP contribution in [0.5, 0.6) is 17.2 Å². The SMILES string of the molecule is CCOc1ccc(C(=O)Oc2c(/C=N/NC(=O)c3ccc(Cl)cc3Cl)cccc2[N+](=O)[O-])cc1OCC. The molecule has 0 heterocycles. The molecule has 0 spiro atoms. The Hall–Kier alpha value is -4.15. The minimum atomic E-state index is -0.870. The van der Waals surface area contributed by atoms with E-state index < -0.39 is 22.5 Å². The number of nitrogens with one attached hydrogen (secondary N) is 1. The van der Waals surface area contributed by atoms with E-state index in [0.29, 0.717) is 29.7 Å². The number of esters is 1. The lowest BCUT2D eigenvalue weighted by Crippen LogP contribution is -2.18. The van der Waals surface area contributed by atoms with Crippen LogP contribution >= 0.6 is 23.2 Å². The molecule has 0 saturated carbocycles. The summed E-state index contributed by atoms with van der Waals surface area (Å²) >= 11 is 11.9. The quantitative estimate of drug-likeness (QED) is 0.114. The molecule has 3 rings (SSSR count). The highest BCUT2D eigenvalue weighted by Gasteiger charge is 2.23. The lowest BCUT2D eigenvalue weighted by atomic mass is 10.1. The van der Waals surface area contributed by atoms with E-state index in [-0.39, 0.29) is 27.5 Å². The van der Waals surface area contributed by atoms with Crippen molar-refractivity contribution in [1.82, 2.24) is 5.43 Å². The summed E-state index contributed by atoms with van der Waals surface area (Å²) in [4.78, 5) is 36.2. The molecule has 1 amide bonds. The highest BCUT2D eigenvalue weighted by Crippen LogP contribution is 2.33. The Balaban J connectivity index is 1.87. The summed E-state index contributed by atoms with van der Waals surface area (Å²) in [6.07, 6.45) is 1.11. The van der Waals surface area contributed by atoms with Crippen LogP contribution < -0.4 is 19.6 Å². The third-order valence-electron chi connectivity index (χ3n) is 4.74. The van der Waals surface area contributed by atoms with Gasteiger partial charge in [-0.1, -0.05) is 29.3 Å². The number of nitro groups is 1. The molecule has 0 aliphatic heterocycles. The van der Waals surface area contributed by atoms with E-state index in [1.54, 1.807) is 13.0 Å². The van der Waals surface area contributed by atoms with Gasteiger partial charge < -0.3 is 14.2 Å². The number of nitrogens with zero attached hydrogens (tertiary/aromatic N) is 2. The fourth-order valence-electron chi connectivity index (χ4n) is 3.12. The summed E-state index contributed by atoms with van der Waals surface area (Å²) in [6, 6.07) is 12.7. The molecule has 0 aliphatic rings. The zero-order valence-corrected chi connectivity index (χ0v) is 21.2. The zero-order chi connectivity index (χ0) is 26.9. The second-order valence-corrected chi connectivity index (χ2v) is 8.04. The first-order valence-electron chi connectivity index (χ1n) is 10.9. The maximum Gasteiger partial charge on any atom is 0.343 e. The van der Waals surface area contributed by atoms with Crippen LogP contribution in [0.1, 0.15) is 40.1 Å². The van der Waals surface area contributed by atoms with Gasteiger partial charge in [-0.05, 0) is 56.3 Å². The van der Waals surface area contributed by atoms with Crippen LogP contribution in [-0.2, 0) is 0 Å². The molecule has 37 heavy (non-hydrogen) atoms. The fourth-order valence-corrected chi connectivity index (χ4v) is 3.62. The molecule has 0 saturated heterocycles. The molecule has 0 aromatic heterocycles. The fraction of sp³-hybridized carbons (Fsp3) is 0.160. The number of hydrogen-bond acceptors (Lipinski definition) is 8. The zero-order valence-electron chi connectivity index (χ0n) is 19.7. The summed E-state index contributed by atoms with van der Waals surface area (Å²) < 4.78 is 16.4. The van der Waals surface area contributed by atoms with Crippen molar-refractivity contribution in [3.05, 3.63) is 91.4 Å². The second kappa shape index (κ2) is 12.7. The number of ether oxygens (including phenoxy) is 3. The van der Waals surface area contributed by atoms with Gasteiger partial charge in [0.2, 0.25) is 5.75 Å². The smallest absolute Gasteiger partial charge is 0.343 e. The average Bonchev–Trinajstić information content (AvgIpc) is 2.85. The van der Waals surface area contributed by atoms with Gasteiger partial charge in [0, 0.05) is 16.7 Å². The number of rotatable bonds is 10. The predicted octanol–water partition coefficient (Wildman–Crippen LogP) is 5.68. The molecule has 10 nitrogen and oxygen atoms in total. The van der Waals surface area contributed by atoms with E-state index >= 15 is 0 Å². The van der Waals surface area contributed by atoms with Gasteiger partial charge in [-0.3, -0.25) is 14.9 Å². The van der Waals surface area contributed by atoms with Gasteiger partial charge in [0.15, 0.2) is 11.5 Å². The molecule has 192 valence electrons. The van der Waals surface area contributed by atoms with Crippen molar-refractivity contribution < 1.29 is 28.7 Å². The van der Waals surface area contributed by atoms with Crippen LogP contribution in [0, 0.1) is 10.1 Å². The topological polar surface area (TPSA) is 129 Å². The molecule has 0 radical (unpaired) electrons. The maximum atomic E-state index is 12.9. The lowest BCUT2D eigenvalue weighted by molar-refractivity contribution is -0.385. The number of hydrazone groups is 1. The van der Waals surface area contributed by atoms with Crippen molar-refractivity contribution in [2.24, 2.45) is 5.10 Å². The Morgan fingerprint density at radius 2 is 1.76 bits per heavy atom. The number of carbonyl (C=O) groups is 2. The molecule has 0 atom stereocenters. The van der Waals surface area contributed by atoms with E-state index in [2.05, 4.69) is 10.5 Å². The first-order chi connectivity index (χ1) is 17.7. The Morgan fingerprint density at radius 1 is 1.03 bits per heavy atom. The second-order valence-electron chi connectivity index (χ2n) is 7.19. The summed E-state index contributed by atoms with van der Waals surface area (Å²) in [7, 11) is 0. The van der Waals surface area contributed by atoms with E-state index in [1.807, 2.05) is 6.92 Å². The number of para-hydroxylation sites is 1. The van der Waals surface area contributed by atoms with Crippen molar-refractivity contribution in [2.45, 2.75) is 13.8 Å². The Kier molecular flexibility index (Phi) is 9.42. The van der Waals surface area contributed by atoms with Crippen molar-refractivity contribution in [2.75, 3.05) is 13.2 Å². The molecule has 12 heteroatoms. The van der Waals surface area contributed by atoms with Crippen molar-refractivity contribution >= 4 is 47.0 Å². The van der Waals surface area contributed by atoms with Gasteiger partial charge in [0.05, 0.1) is 40.5 Å².